The van der Waals surface area contributed by atoms with Crippen molar-refractivity contribution in [3.8, 4) is 5.75 Å². The maximum absolute atomic E-state index is 10.8. The third kappa shape index (κ3) is 3.48. The van der Waals surface area contributed by atoms with Crippen LogP contribution < -0.4 is 10.1 Å². The Kier molecular flexibility index (Phi) is 4.44. The van der Waals surface area contributed by atoms with Gasteiger partial charge in [0.25, 0.3) is 0 Å². The number of halogens is 1. The lowest BCUT2D eigenvalue weighted by molar-refractivity contribution is 0.0697. The molecule has 2 rings (SSSR count). The van der Waals surface area contributed by atoms with Crippen molar-refractivity contribution in [3.05, 3.63) is 44.6 Å². The van der Waals surface area contributed by atoms with Gasteiger partial charge in [-0.3, -0.25) is 0 Å². The highest BCUT2D eigenvalue weighted by Crippen LogP contribution is 2.28. The summed E-state index contributed by atoms with van der Waals surface area (Å²) in [4.78, 5) is 11.8. The van der Waals surface area contributed by atoms with Gasteiger partial charge in [-0.15, -0.1) is 11.3 Å². The average Bonchev–Trinajstić information content (AvgIpc) is 2.85. The van der Waals surface area contributed by atoms with Crippen molar-refractivity contribution in [2.24, 2.45) is 0 Å². The molecule has 0 aliphatic rings. The van der Waals surface area contributed by atoms with E-state index < -0.39 is 5.97 Å². The van der Waals surface area contributed by atoms with Gasteiger partial charge in [0.2, 0.25) is 0 Å². The first-order valence-corrected chi connectivity index (χ1v) is 7.15. The average molecular weight is 342 g/mol. The molecule has 4 nitrogen and oxygen atoms in total. The fourth-order valence-electron chi connectivity index (χ4n) is 1.59. The zero-order valence-corrected chi connectivity index (χ0v) is 12.5. The molecule has 1 aromatic carbocycles. The van der Waals surface area contributed by atoms with Crippen LogP contribution in [0.3, 0.4) is 0 Å². The number of aromatic carboxylic acids is 1. The summed E-state index contributed by atoms with van der Waals surface area (Å²) >= 11 is 4.82. The van der Waals surface area contributed by atoms with Gasteiger partial charge in [-0.1, -0.05) is 15.9 Å². The summed E-state index contributed by atoms with van der Waals surface area (Å²) in [7, 11) is 1.61. The Hall–Kier alpha value is -1.53. The zero-order valence-electron chi connectivity index (χ0n) is 10.1. The number of methoxy groups -OCH3 is 1. The largest absolute Gasteiger partial charge is 0.495 e. The van der Waals surface area contributed by atoms with Crippen molar-refractivity contribution in [1.82, 2.24) is 0 Å². The van der Waals surface area contributed by atoms with Crippen LogP contribution in [0.5, 0.6) is 5.75 Å². The quantitative estimate of drug-likeness (QED) is 0.867. The summed E-state index contributed by atoms with van der Waals surface area (Å²) in [5.41, 5.74) is 1.19. The van der Waals surface area contributed by atoms with Crippen molar-refractivity contribution in [1.29, 1.82) is 0 Å². The molecule has 0 spiro atoms. The fourth-order valence-corrected chi connectivity index (χ4v) is 2.74. The van der Waals surface area contributed by atoms with E-state index in [0.29, 0.717) is 12.1 Å². The van der Waals surface area contributed by atoms with E-state index in [1.807, 2.05) is 18.2 Å². The number of nitrogens with one attached hydrogen (secondary N) is 1. The van der Waals surface area contributed by atoms with Crippen LogP contribution >= 0.6 is 27.3 Å². The summed E-state index contributed by atoms with van der Waals surface area (Å²) in [5.74, 6) is -0.152. The fraction of sp³-hybridized carbons (Fsp3) is 0.154. The smallest absolute Gasteiger partial charge is 0.336 e. The maximum atomic E-state index is 10.8. The Morgan fingerprint density at radius 1 is 1.47 bits per heavy atom. The van der Waals surface area contributed by atoms with Gasteiger partial charge in [-0.25, -0.2) is 4.79 Å². The molecule has 1 heterocycles. The highest BCUT2D eigenvalue weighted by molar-refractivity contribution is 9.10. The number of carboxylic acid groups (broad SMARTS) is 1. The number of benzene rings is 1. The third-order valence-corrected chi connectivity index (χ3v) is 3.95. The highest BCUT2D eigenvalue weighted by atomic mass is 79.9. The summed E-state index contributed by atoms with van der Waals surface area (Å²) < 4.78 is 6.21. The number of carboxylic acids is 1. The van der Waals surface area contributed by atoms with Crippen molar-refractivity contribution < 1.29 is 14.6 Å². The van der Waals surface area contributed by atoms with E-state index in [1.54, 1.807) is 18.6 Å². The molecule has 6 heteroatoms. The second-order valence-corrected chi connectivity index (χ2v) is 5.72. The molecule has 0 aliphatic heterocycles. The lowest BCUT2D eigenvalue weighted by Crippen LogP contribution is -2.00. The Morgan fingerprint density at radius 2 is 2.26 bits per heavy atom. The molecule has 0 unspecified atom stereocenters. The van der Waals surface area contributed by atoms with Crippen LogP contribution in [-0.2, 0) is 6.54 Å². The number of hydrogen-bond acceptors (Lipinski definition) is 4. The Morgan fingerprint density at radius 3 is 2.89 bits per heavy atom. The minimum atomic E-state index is -0.900. The van der Waals surface area contributed by atoms with Crippen LogP contribution in [0.15, 0.2) is 34.1 Å². The summed E-state index contributed by atoms with van der Waals surface area (Å²) in [5, 5.41) is 13.7. The molecule has 0 saturated heterocycles. The number of thiophene rings is 1. The van der Waals surface area contributed by atoms with E-state index in [1.165, 1.54) is 11.3 Å². The number of hydrogen-bond donors (Lipinski definition) is 2. The van der Waals surface area contributed by atoms with Gasteiger partial charge in [0.15, 0.2) is 0 Å². The highest BCUT2D eigenvalue weighted by Gasteiger charge is 2.08. The molecule has 100 valence electrons. The van der Waals surface area contributed by atoms with E-state index >= 15 is 0 Å². The van der Waals surface area contributed by atoms with E-state index in [2.05, 4.69) is 21.2 Å². The van der Waals surface area contributed by atoms with Crippen molar-refractivity contribution >= 4 is 38.9 Å². The zero-order chi connectivity index (χ0) is 13.8. The van der Waals surface area contributed by atoms with Gasteiger partial charge < -0.3 is 15.2 Å². The Balaban J connectivity index is 2.09. The van der Waals surface area contributed by atoms with Crippen LogP contribution in [0.2, 0.25) is 0 Å². The molecule has 0 bridgehead atoms. The molecule has 0 amide bonds. The second-order valence-electron chi connectivity index (χ2n) is 3.81. The maximum Gasteiger partial charge on any atom is 0.336 e. The lowest BCUT2D eigenvalue weighted by Gasteiger charge is -2.10. The van der Waals surface area contributed by atoms with Gasteiger partial charge in [0.1, 0.15) is 5.75 Å². The number of anilines is 1. The van der Waals surface area contributed by atoms with Crippen molar-refractivity contribution in [2.75, 3.05) is 12.4 Å². The first-order valence-electron chi connectivity index (χ1n) is 5.48. The van der Waals surface area contributed by atoms with Crippen LogP contribution in [0, 0.1) is 0 Å². The molecule has 19 heavy (non-hydrogen) atoms. The van der Waals surface area contributed by atoms with Crippen LogP contribution in [0.4, 0.5) is 5.69 Å². The molecular weight excluding hydrogens is 330 g/mol. The van der Waals surface area contributed by atoms with E-state index in [9.17, 15) is 4.79 Å². The molecule has 0 aliphatic carbocycles. The molecular formula is C13H12BrNO3S. The van der Waals surface area contributed by atoms with Crippen LogP contribution in [-0.4, -0.2) is 18.2 Å². The minimum Gasteiger partial charge on any atom is -0.495 e. The lowest BCUT2D eigenvalue weighted by atomic mass is 10.2. The number of ether oxygens (including phenoxy) is 1. The minimum absolute atomic E-state index is 0.322. The predicted molar refractivity (Wildman–Crippen MR) is 79.3 cm³/mol. The monoisotopic (exact) mass is 341 g/mol. The Labute approximate surface area is 123 Å². The Bertz CT molecular complexity index is 597. The second kappa shape index (κ2) is 6.08. The van der Waals surface area contributed by atoms with Gasteiger partial charge in [-0.2, -0.15) is 0 Å². The molecule has 0 atom stereocenters. The molecule has 0 fully saturated rings. The van der Waals surface area contributed by atoms with E-state index in [4.69, 9.17) is 9.84 Å². The summed E-state index contributed by atoms with van der Waals surface area (Å²) in [6, 6.07) is 7.36. The van der Waals surface area contributed by atoms with Gasteiger partial charge in [0, 0.05) is 21.3 Å². The molecule has 0 radical (unpaired) electrons. The SMILES string of the molecule is COc1ccc(Br)cc1NCc1cc(C(=O)O)cs1. The standard InChI is InChI=1S/C13H12BrNO3S/c1-18-12-3-2-9(14)5-11(12)15-6-10-4-8(7-19-10)13(16)17/h2-5,7,15H,6H2,1H3,(H,16,17). The van der Waals surface area contributed by atoms with Gasteiger partial charge >= 0.3 is 5.97 Å². The third-order valence-electron chi connectivity index (χ3n) is 2.52. The first kappa shape index (κ1) is 13.9. The molecule has 2 N–H and O–H groups in total. The molecule has 2 aromatic rings. The number of rotatable bonds is 5. The summed E-state index contributed by atoms with van der Waals surface area (Å²) in [6.07, 6.45) is 0. The van der Waals surface area contributed by atoms with Crippen molar-refractivity contribution in [3.63, 3.8) is 0 Å². The van der Waals surface area contributed by atoms with Crippen LogP contribution in [0.1, 0.15) is 15.2 Å². The topological polar surface area (TPSA) is 58.6 Å². The van der Waals surface area contributed by atoms with Crippen molar-refractivity contribution in [2.45, 2.75) is 6.54 Å². The number of carbonyl (C=O) groups is 1. The first-order chi connectivity index (χ1) is 9.10. The van der Waals surface area contributed by atoms with E-state index in [-0.39, 0.29) is 0 Å². The van der Waals surface area contributed by atoms with Crippen LogP contribution in [0.25, 0.3) is 0 Å². The molecule has 1 aromatic heterocycles. The van der Waals surface area contributed by atoms with E-state index in [0.717, 1.165) is 20.8 Å². The molecule has 0 saturated carbocycles. The summed E-state index contributed by atoms with van der Waals surface area (Å²) in [6.45, 7) is 0.560. The normalized spacial score (nSPS) is 10.2. The predicted octanol–water partition coefficient (Wildman–Crippen LogP) is 3.83. The van der Waals surface area contributed by atoms with Gasteiger partial charge in [-0.05, 0) is 24.3 Å². The van der Waals surface area contributed by atoms with Gasteiger partial charge in [0.05, 0.1) is 18.4 Å².